The molecule has 3 amide bonds. The van der Waals surface area contributed by atoms with Crippen LogP contribution in [0, 0.1) is 38.0 Å². The van der Waals surface area contributed by atoms with E-state index in [2.05, 4.69) is 141 Å². The van der Waals surface area contributed by atoms with E-state index in [0.717, 1.165) is 81.8 Å². The number of hydrogen-bond donors (Lipinski definition) is 3. The van der Waals surface area contributed by atoms with Crippen LogP contribution in [-0.4, -0.2) is 165 Å². The fourth-order valence-corrected chi connectivity index (χ4v) is 17.7. The summed E-state index contributed by atoms with van der Waals surface area (Å²) in [6.45, 7) is 41.5. The first-order valence-electron chi connectivity index (χ1n) is 39.7. The molecule has 3 aromatic carbocycles. The fraction of sp³-hybridized carbons (Fsp3) is 0.528. The quantitative estimate of drug-likeness (QED) is 0.0537. The van der Waals surface area contributed by atoms with E-state index >= 15 is 0 Å². The molecular formula is C89H118N12O9S3. The lowest BCUT2D eigenvalue weighted by molar-refractivity contribution is -0.143. The van der Waals surface area contributed by atoms with E-state index in [9.17, 15) is 44.1 Å². The number of carbonyl (C=O) groups is 6. The van der Waals surface area contributed by atoms with Gasteiger partial charge in [-0.05, 0) is 123 Å². The van der Waals surface area contributed by atoms with Gasteiger partial charge in [-0.25, -0.2) is 15.0 Å². The molecule has 10 unspecified atom stereocenters. The van der Waals surface area contributed by atoms with Crippen molar-refractivity contribution in [3.05, 3.63) is 177 Å². The molecule has 113 heavy (non-hydrogen) atoms. The molecular weight excluding hydrogens is 1480 g/mol. The molecule has 3 aliphatic heterocycles. The third kappa shape index (κ3) is 21.1. The smallest absolute Gasteiger partial charge is 0.248 e. The van der Waals surface area contributed by atoms with Crippen LogP contribution in [-0.2, 0) is 57.9 Å². The molecule has 0 saturated carbocycles. The minimum Gasteiger partial charge on any atom is -0.391 e. The van der Waals surface area contributed by atoms with E-state index in [4.69, 9.17) is 0 Å². The Balaban J connectivity index is 0.000000180. The highest BCUT2D eigenvalue weighted by atomic mass is 32.1. The van der Waals surface area contributed by atoms with Gasteiger partial charge in [-0.1, -0.05) is 190 Å². The molecule has 606 valence electrons. The van der Waals surface area contributed by atoms with Crippen LogP contribution in [0.2, 0.25) is 0 Å². The number of ketones is 3. The van der Waals surface area contributed by atoms with Crippen LogP contribution >= 0.6 is 34.0 Å². The van der Waals surface area contributed by atoms with E-state index in [1.807, 2.05) is 154 Å². The summed E-state index contributed by atoms with van der Waals surface area (Å²) in [6, 6.07) is 21.3. The number of hydrogen-bond acceptors (Lipinski definition) is 18. The number of benzene rings is 3. The molecule has 9 heterocycles. The zero-order chi connectivity index (χ0) is 82.5. The summed E-state index contributed by atoms with van der Waals surface area (Å²) in [5, 5.41) is 45.0. The topological polar surface area (TPSA) is 265 Å². The normalized spacial score (nSPS) is 19.2. The molecule has 21 nitrogen and oxygen atoms in total. The summed E-state index contributed by atoms with van der Waals surface area (Å²) in [5.74, 6) is -0.559. The van der Waals surface area contributed by atoms with Crippen LogP contribution in [0.25, 0.3) is 31.3 Å². The Morgan fingerprint density at radius 1 is 0.434 bits per heavy atom. The number of likely N-dealkylation sites (tertiary alicyclic amines) is 3. The van der Waals surface area contributed by atoms with Crippen LogP contribution in [0.1, 0.15) is 231 Å². The van der Waals surface area contributed by atoms with Crippen molar-refractivity contribution in [1.82, 2.24) is 59.0 Å². The van der Waals surface area contributed by atoms with Gasteiger partial charge in [0.1, 0.15) is 18.1 Å². The van der Waals surface area contributed by atoms with Crippen molar-refractivity contribution >= 4 is 69.1 Å². The summed E-state index contributed by atoms with van der Waals surface area (Å²) in [6.07, 6.45) is 12.1. The number of rotatable bonds is 23. The molecule has 0 radical (unpaired) electrons. The Bertz CT molecular complexity index is 4730. The van der Waals surface area contributed by atoms with Crippen molar-refractivity contribution in [2.24, 2.45) is 17.3 Å². The molecule has 3 N–H and O–H groups in total. The highest BCUT2D eigenvalue weighted by molar-refractivity contribution is 7.14. The highest BCUT2D eigenvalue weighted by Gasteiger charge is 2.47. The van der Waals surface area contributed by atoms with Crippen molar-refractivity contribution in [2.75, 3.05) is 19.6 Å². The van der Waals surface area contributed by atoms with Gasteiger partial charge in [0.15, 0.2) is 17.3 Å². The van der Waals surface area contributed by atoms with Gasteiger partial charge < -0.3 is 30.0 Å². The molecule has 3 fully saturated rings. The third-order valence-electron chi connectivity index (χ3n) is 22.1. The number of carbonyl (C=O) groups excluding carboxylic acids is 6. The van der Waals surface area contributed by atoms with E-state index in [1.54, 1.807) is 62.8 Å². The predicted octanol–water partition coefficient (Wildman–Crippen LogP) is 15.9. The van der Waals surface area contributed by atoms with E-state index in [1.165, 1.54) is 0 Å². The first-order valence-corrected chi connectivity index (χ1v) is 42.4. The van der Waals surface area contributed by atoms with Gasteiger partial charge in [-0.3, -0.25) is 42.8 Å². The van der Waals surface area contributed by atoms with Crippen LogP contribution in [0.3, 0.4) is 0 Å². The van der Waals surface area contributed by atoms with Gasteiger partial charge in [-0.2, -0.15) is 15.3 Å². The fourth-order valence-electron chi connectivity index (χ4n) is 15.3. The molecule has 24 heteroatoms. The van der Waals surface area contributed by atoms with Crippen molar-refractivity contribution in [2.45, 2.75) is 267 Å². The van der Waals surface area contributed by atoms with Crippen molar-refractivity contribution in [3.8, 4) is 31.3 Å². The maximum atomic E-state index is 14.0. The zero-order valence-corrected chi connectivity index (χ0v) is 72.2. The van der Waals surface area contributed by atoms with Gasteiger partial charge in [0, 0.05) is 76.7 Å². The molecule has 3 aliphatic rings. The van der Waals surface area contributed by atoms with Crippen LogP contribution in [0.5, 0.6) is 0 Å². The zero-order valence-electron chi connectivity index (χ0n) is 69.7. The minimum atomic E-state index is -0.710. The lowest BCUT2D eigenvalue weighted by Crippen LogP contribution is -2.47. The second kappa shape index (κ2) is 36.1. The van der Waals surface area contributed by atoms with Crippen LogP contribution < -0.4 is 0 Å². The largest absolute Gasteiger partial charge is 0.391 e. The number of aromatic nitrogens is 9. The van der Waals surface area contributed by atoms with Gasteiger partial charge in [0.25, 0.3) is 0 Å². The Kier molecular flexibility index (Phi) is 27.8. The molecule has 6 aromatic heterocycles. The van der Waals surface area contributed by atoms with Gasteiger partial charge in [0.05, 0.1) is 103 Å². The Labute approximate surface area is 679 Å². The standard InChI is InChI=1S/2C30H40N4O3S.C29H38N4O3S/c1-19-26(38-18-31-19)21-11-8-20(9-12-21)10-13-25(36)24-14-23(35)17-33(24)28(37)27(30(5,6)7)34-16-22(15-32-34)29(2,3)4;1-18(2)27(34-15-23(14-32-34)30(5,6)7)29(37)33-16-24(35)13-25(33)26(36)12-19(3)21-8-10-22(11-9-21)28-20(4)31-17-38-28;1-18(2)26(33-15-22(14-31-33)29(4,5)6)28(36)32-16-23(34)13-24(32)25(35)12-9-20-7-10-21(11-8-20)27-19(3)30-17-37-27/h8-9,11-12,15-16,18,23-24,27,35H,10,13-14,17H2,1-7H3;8-11,14-15,17-19,24-25,27,35H,12-13,16H2,1-7H3;7-8,10-11,14-15,17-18,23-24,26,34H,9,12-13,16H2,1-6H3. The monoisotopic (exact) mass is 1590 g/mol. The van der Waals surface area contributed by atoms with E-state index in [-0.39, 0.29) is 108 Å². The number of β-amino-alcohol motifs (C(OH)–C–C–N with tert-alkyl or cyclic N) is 3. The Morgan fingerprint density at radius 3 is 1.04 bits per heavy atom. The summed E-state index contributed by atoms with van der Waals surface area (Å²) in [7, 11) is 0. The summed E-state index contributed by atoms with van der Waals surface area (Å²) < 4.78 is 5.20. The van der Waals surface area contributed by atoms with E-state index in [0.29, 0.717) is 32.1 Å². The number of Topliss-reactive ketones (excluding diaryl/α,β-unsaturated/α-hetero) is 3. The molecule has 3 saturated heterocycles. The number of aliphatic hydroxyl groups excluding tert-OH is 3. The second-order valence-corrected chi connectivity index (χ2v) is 38.6. The van der Waals surface area contributed by atoms with Crippen LogP contribution in [0.15, 0.2) is 127 Å². The first kappa shape index (κ1) is 86.9. The Morgan fingerprint density at radius 2 is 0.743 bits per heavy atom. The molecule has 0 bridgehead atoms. The highest BCUT2D eigenvalue weighted by Crippen LogP contribution is 2.39. The lowest BCUT2D eigenvalue weighted by atomic mass is 9.85. The first-order chi connectivity index (χ1) is 53.1. The van der Waals surface area contributed by atoms with Crippen molar-refractivity contribution in [1.29, 1.82) is 0 Å². The van der Waals surface area contributed by atoms with Gasteiger partial charge in [-0.15, -0.1) is 34.0 Å². The molecule has 0 aliphatic carbocycles. The maximum Gasteiger partial charge on any atom is 0.248 e. The average molecular weight is 1600 g/mol. The summed E-state index contributed by atoms with van der Waals surface area (Å²) in [5.41, 5.74) is 17.6. The molecule has 12 rings (SSSR count). The van der Waals surface area contributed by atoms with E-state index < -0.39 is 60.0 Å². The van der Waals surface area contributed by atoms with Gasteiger partial charge >= 0.3 is 0 Å². The minimum absolute atomic E-state index is 0.00448. The lowest BCUT2D eigenvalue weighted by Gasteiger charge is -2.35. The molecule has 9 aromatic rings. The number of nitrogens with zero attached hydrogens (tertiary/aromatic N) is 12. The predicted molar refractivity (Wildman–Crippen MR) is 449 cm³/mol. The molecule has 10 atom stereocenters. The number of thiazole rings is 3. The summed E-state index contributed by atoms with van der Waals surface area (Å²) in [4.78, 5) is 103. The van der Waals surface area contributed by atoms with Gasteiger partial charge in [0.2, 0.25) is 17.7 Å². The number of aryl methyl sites for hydroxylation is 5. The van der Waals surface area contributed by atoms with Crippen molar-refractivity contribution < 1.29 is 44.1 Å². The third-order valence-corrected chi connectivity index (χ3v) is 25.0. The maximum absolute atomic E-state index is 14.0. The SMILES string of the molecule is Cc1ncsc1-c1ccc(C(C)CC(=O)C2CC(O)CN2C(=O)C(C(C)C)n2cc(C(C)(C)C)cn2)cc1.Cc1ncsc1-c1ccc(CCC(=O)C2CC(O)CN2C(=O)C(C(C)C)n2cc(C(C)(C)C)cn2)cc1.Cc1ncsc1-c1ccc(CCC(=O)C2CC(O)CN2C(=O)C(n2cc(C(C)(C)C)cn2)C(C)(C)C)cc1. The van der Waals surface area contributed by atoms with Crippen LogP contribution in [0.4, 0.5) is 0 Å². The molecule has 0 spiro atoms. The number of amides is 3. The second-order valence-electron chi connectivity index (χ2n) is 36.0. The summed E-state index contributed by atoms with van der Waals surface area (Å²) >= 11 is 4.86. The average Bonchev–Trinajstić information content (AvgIpc) is 1.58. The Hall–Kier alpha value is -8.52. The number of aliphatic hydroxyl groups is 3. The van der Waals surface area contributed by atoms with Crippen molar-refractivity contribution in [3.63, 3.8) is 0 Å².